The van der Waals surface area contributed by atoms with Crippen LogP contribution in [0.15, 0.2) is 80.1 Å². The van der Waals surface area contributed by atoms with Crippen LogP contribution in [0.5, 0.6) is 5.75 Å². The minimum atomic E-state index is -0.992. The number of esters is 1. The molecule has 204 valence electrons. The summed E-state index contributed by atoms with van der Waals surface area (Å²) < 4.78 is 18.5. The molecule has 0 fully saturated rings. The van der Waals surface area contributed by atoms with Gasteiger partial charge in [0.2, 0.25) is 0 Å². The zero-order valence-corrected chi connectivity index (χ0v) is 23.1. The molecule has 1 aliphatic rings. The SMILES string of the molecule is CCOC(=O)C1=C(C)N=c2s/c(=C\c3cccc(OC)c3)c(=O)n2[C@H]1c1ccc(-c2cc([N+](=O)[O-])ccc2Cl)o1. The number of nitrogens with zero attached hydrogens (tertiary/aromatic N) is 3. The summed E-state index contributed by atoms with van der Waals surface area (Å²) in [6, 6.07) is 13.5. The lowest BCUT2D eigenvalue weighted by molar-refractivity contribution is -0.384. The summed E-state index contributed by atoms with van der Waals surface area (Å²) in [5.74, 6) is 0.481. The summed E-state index contributed by atoms with van der Waals surface area (Å²) in [5, 5.41) is 11.6. The van der Waals surface area contributed by atoms with E-state index in [4.69, 9.17) is 25.5 Å². The number of halogens is 1. The number of fused-ring (bicyclic) bond motifs is 1. The fourth-order valence-corrected chi connectivity index (χ4v) is 5.66. The Balaban J connectivity index is 1.69. The number of thiazole rings is 1. The predicted octanol–water partition coefficient (Wildman–Crippen LogP) is 4.63. The van der Waals surface area contributed by atoms with Crippen LogP contribution in [0.25, 0.3) is 17.4 Å². The van der Waals surface area contributed by atoms with Gasteiger partial charge in [0.15, 0.2) is 4.80 Å². The Hall–Kier alpha value is -4.48. The molecule has 2 aromatic heterocycles. The molecule has 0 bridgehead atoms. The van der Waals surface area contributed by atoms with Crippen LogP contribution >= 0.6 is 22.9 Å². The number of allylic oxidation sites excluding steroid dienone is 1. The fraction of sp³-hybridized carbons (Fsp3) is 0.179. The first-order chi connectivity index (χ1) is 19.2. The second-order valence-corrected chi connectivity index (χ2v) is 10.1. The average molecular weight is 580 g/mol. The van der Waals surface area contributed by atoms with Crippen molar-refractivity contribution >= 4 is 40.7 Å². The Kier molecular flexibility index (Phi) is 7.42. The largest absolute Gasteiger partial charge is 0.497 e. The monoisotopic (exact) mass is 579 g/mol. The Bertz CT molecular complexity index is 1870. The molecule has 0 N–H and O–H groups in total. The molecule has 12 heteroatoms. The molecule has 10 nitrogen and oxygen atoms in total. The molecule has 1 aliphatic heterocycles. The number of furan rings is 1. The third-order valence-corrected chi connectivity index (χ3v) is 7.54. The summed E-state index contributed by atoms with van der Waals surface area (Å²) >= 11 is 7.51. The van der Waals surface area contributed by atoms with Gasteiger partial charge in [0, 0.05) is 17.7 Å². The van der Waals surface area contributed by atoms with E-state index in [0.29, 0.717) is 26.3 Å². The molecule has 4 aromatic rings. The predicted molar refractivity (Wildman–Crippen MR) is 149 cm³/mol. The number of aromatic nitrogens is 1. The third kappa shape index (κ3) is 4.96. The lowest BCUT2D eigenvalue weighted by atomic mass is 10.0. The van der Waals surface area contributed by atoms with Gasteiger partial charge < -0.3 is 13.9 Å². The number of hydrogen-bond donors (Lipinski definition) is 0. The minimum Gasteiger partial charge on any atom is -0.497 e. The average Bonchev–Trinajstić information content (AvgIpc) is 3.53. The molecule has 0 amide bonds. The van der Waals surface area contributed by atoms with E-state index in [9.17, 15) is 19.7 Å². The van der Waals surface area contributed by atoms with Crippen molar-refractivity contribution in [3.63, 3.8) is 0 Å². The first-order valence-corrected chi connectivity index (χ1v) is 13.3. The van der Waals surface area contributed by atoms with Gasteiger partial charge in [-0.2, -0.15) is 0 Å². The molecule has 2 aromatic carbocycles. The maximum Gasteiger partial charge on any atom is 0.338 e. The molecule has 40 heavy (non-hydrogen) atoms. The highest BCUT2D eigenvalue weighted by Crippen LogP contribution is 2.37. The minimum absolute atomic E-state index is 0.120. The Labute approximate surface area is 236 Å². The molecular weight excluding hydrogens is 558 g/mol. The number of nitro benzene ring substituents is 1. The van der Waals surface area contributed by atoms with Gasteiger partial charge in [-0.25, -0.2) is 9.79 Å². The van der Waals surface area contributed by atoms with Gasteiger partial charge in [-0.05, 0) is 55.8 Å². The van der Waals surface area contributed by atoms with Crippen molar-refractivity contribution in [1.29, 1.82) is 0 Å². The molecule has 5 rings (SSSR count). The van der Waals surface area contributed by atoms with Crippen LogP contribution in [0.2, 0.25) is 5.02 Å². The zero-order valence-electron chi connectivity index (χ0n) is 21.5. The molecule has 0 radical (unpaired) electrons. The number of ether oxygens (including phenoxy) is 2. The van der Waals surface area contributed by atoms with Crippen LogP contribution in [0.3, 0.4) is 0 Å². The van der Waals surface area contributed by atoms with Gasteiger partial charge in [0.05, 0.1) is 39.5 Å². The number of hydrogen-bond acceptors (Lipinski definition) is 9. The van der Waals surface area contributed by atoms with Crippen LogP contribution in [-0.4, -0.2) is 29.2 Å². The Morgan fingerprint density at radius 3 is 2.77 bits per heavy atom. The second-order valence-electron chi connectivity index (χ2n) is 8.70. The molecule has 0 aliphatic carbocycles. The number of benzene rings is 2. The van der Waals surface area contributed by atoms with Crippen molar-refractivity contribution in [2.24, 2.45) is 4.99 Å². The summed E-state index contributed by atoms with van der Waals surface area (Å²) in [4.78, 5) is 42.6. The molecule has 0 saturated carbocycles. The topological polar surface area (TPSA) is 126 Å². The Morgan fingerprint density at radius 1 is 1.25 bits per heavy atom. The molecule has 0 saturated heterocycles. The summed E-state index contributed by atoms with van der Waals surface area (Å²) in [6.45, 7) is 3.47. The molecular formula is C28H22ClN3O7S. The highest BCUT2D eigenvalue weighted by Gasteiger charge is 2.35. The maximum atomic E-state index is 13.8. The number of nitro groups is 1. The zero-order chi connectivity index (χ0) is 28.6. The smallest absolute Gasteiger partial charge is 0.338 e. The highest BCUT2D eigenvalue weighted by molar-refractivity contribution is 7.07. The summed E-state index contributed by atoms with van der Waals surface area (Å²) in [6.07, 6.45) is 1.73. The van der Waals surface area contributed by atoms with Gasteiger partial charge in [0.25, 0.3) is 11.2 Å². The normalized spacial score (nSPS) is 15.0. The number of carbonyl (C=O) groups is 1. The van der Waals surface area contributed by atoms with E-state index >= 15 is 0 Å². The lowest BCUT2D eigenvalue weighted by Gasteiger charge is -2.22. The quantitative estimate of drug-likeness (QED) is 0.177. The first-order valence-electron chi connectivity index (χ1n) is 12.1. The van der Waals surface area contributed by atoms with E-state index in [2.05, 4.69) is 4.99 Å². The first kappa shape index (κ1) is 27.1. The van der Waals surface area contributed by atoms with Gasteiger partial charge in [0.1, 0.15) is 23.3 Å². The van der Waals surface area contributed by atoms with Crippen molar-refractivity contribution in [1.82, 2.24) is 4.57 Å². The van der Waals surface area contributed by atoms with Gasteiger partial charge in [-0.15, -0.1) is 0 Å². The van der Waals surface area contributed by atoms with E-state index in [0.717, 1.165) is 5.56 Å². The highest BCUT2D eigenvalue weighted by atomic mass is 35.5. The summed E-state index contributed by atoms with van der Waals surface area (Å²) in [7, 11) is 1.56. The van der Waals surface area contributed by atoms with Gasteiger partial charge >= 0.3 is 5.97 Å². The van der Waals surface area contributed by atoms with Crippen molar-refractivity contribution in [2.45, 2.75) is 19.9 Å². The molecule has 0 unspecified atom stereocenters. The van der Waals surface area contributed by atoms with Gasteiger partial charge in [-0.3, -0.25) is 19.5 Å². The number of carbonyl (C=O) groups excluding carboxylic acids is 1. The molecule has 0 spiro atoms. The van der Waals surface area contributed by atoms with Crippen LogP contribution in [0.1, 0.15) is 31.2 Å². The van der Waals surface area contributed by atoms with Crippen molar-refractivity contribution in [3.8, 4) is 17.1 Å². The lowest BCUT2D eigenvalue weighted by Crippen LogP contribution is -2.39. The standard InChI is InChI=1S/C28H22ClN3O7S/c1-4-38-27(34)24-15(2)30-28-31(26(33)23(40-28)13-16-6-5-7-18(12-16)37-3)25(24)22-11-10-21(39-22)19-14-17(32(35)36)8-9-20(19)29/h5-14,25H,4H2,1-3H3/b23-13-/t25-/m0/s1. The van der Waals surface area contributed by atoms with E-state index in [1.165, 1.54) is 34.1 Å². The van der Waals surface area contributed by atoms with E-state index in [1.807, 2.05) is 12.1 Å². The van der Waals surface area contributed by atoms with Crippen molar-refractivity contribution in [3.05, 3.63) is 112 Å². The number of methoxy groups -OCH3 is 1. The molecule has 3 heterocycles. The van der Waals surface area contributed by atoms with E-state index in [1.54, 1.807) is 51.3 Å². The van der Waals surface area contributed by atoms with E-state index < -0.39 is 16.9 Å². The van der Waals surface area contributed by atoms with Crippen LogP contribution < -0.4 is 19.6 Å². The fourth-order valence-electron chi connectivity index (χ4n) is 4.40. The van der Waals surface area contributed by atoms with Crippen molar-refractivity contribution < 1.29 is 23.6 Å². The van der Waals surface area contributed by atoms with Crippen LogP contribution in [-0.2, 0) is 9.53 Å². The second kappa shape index (κ2) is 10.9. The number of rotatable bonds is 7. The van der Waals surface area contributed by atoms with Gasteiger partial charge in [-0.1, -0.05) is 35.1 Å². The molecule has 1 atom stereocenters. The Morgan fingerprint density at radius 2 is 2.05 bits per heavy atom. The van der Waals surface area contributed by atoms with Crippen LogP contribution in [0.4, 0.5) is 5.69 Å². The van der Waals surface area contributed by atoms with Crippen molar-refractivity contribution in [2.75, 3.05) is 13.7 Å². The maximum absolute atomic E-state index is 13.8. The van der Waals surface area contributed by atoms with E-state index in [-0.39, 0.29) is 40.0 Å². The number of non-ortho nitro benzene ring substituents is 1. The third-order valence-electron chi connectivity index (χ3n) is 6.23. The summed E-state index contributed by atoms with van der Waals surface area (Å²) in [5.41, 5.74) is 1.04. The van der Waals surface area contributed by atoms with Crippen LogP contribution in [0, 0.1) is 10.1 Å².